The van der Waals surface area contributed by atoms with Crippen molar-refractivity contribution in [3.05, 3.63) is 35.9 Å². The van der Waals surface area contributed by atoms with Gasteiger partial charge >= 0.3 is 6.09 Å². The van der Waals surface area contributed by atoms with E-state index in [0.29, 0.717) is 36.8 Å². The molecule has 2 aromatic rings. The van der Waals surface area contributed by atoms with Crippen molar-refractivity contribution in [3.63, 3.8) is 0 Å². The number of benzene rings is 1. The van der Waals surface area contributed by atoms with Crippen LogP contribution in [0.1, 0.15) is 51.5 Å². The van der Waals surface area contributed by atoms with E-state index in [9.17, 15) is 4.79 Å². The van der Waals surface area contributed by atoms with Crippen LogP contribution in [-0.4, -0.2) is 46.3 Å². The first-order valence-electron chi connectivity index (χ1n) is 10.7. The number of halogens is 1. The second kappa shape index (κ2) is 8.32. The van der Waals surface area contributed by atoms with Crippen molar-refractivity contribution in [2.75, 3.05) is 25.4 Å². The predicted octanol–water partition coefficient (Wildman–Crippen LogP) is 4.38. The molecule has 1 saturated heterocycles. The molecule has 1 aliphatic carbocycles. The summed E-state index contributed by atoms with van der Waals surface area (Å²) in [6.45, 7) is 6.96. The van der Waals surface area contributed by atoms with Crippen molar-refractivity contribution in [1.82, 2.24) is 14.9 Å². The number of nitrogens with two attached hydrogens (primary N) is 1. The highest BCUT2D eigenvalue weighted by molar-refractivity contribution is 5.69. The second-order valence-corrected chi connectivity index (χ2v) is 9.36. The largest absolute Gasteiger partial charge is 0.490 e. The fourth-order valence-corrected chi connectivity index (χ4v) is 3.84. The van der Waals surface area contributed by atoms with E-state index in [1.54, 1.807) is 17.2 Å². The molecule has 0 atom stereocenters. The van der Waals surface area contributed by atoms with Crippen LogP contribution in [0.3, 0.4) is 0 Å². The molecule has 1 amide bonds. The molecule has 166 valence electrons. The second-order valence-electron chi connectivity index (χ2n) is 9.36. The summed E-state index contributed by atoms with van der Waals surface area (Å²) in [5.74, 6) is 0.551. The van der Waals surface area contributed by atoms with E-state index in [2.05, 4.69) is 9.97 Å². The SMILES string of the molecule is CC(C)(C)OC(=O)N1CC(COc2ccc(-c3cnc(N)cn3)c(C3CCC3)c2F)C1. The van der Waals surface area contributed by atoms with Crippen LogP contribution in [0.15, 0.2) is 24.5 Å². The summed E-state index contributed by atoms with van der Waals surface area (Å²) in [4.78, 5) is 22.1. The first kappa shape index (κ1) is 21.3. The Morgan fingerprint density at radius 2 is 1.97 bits per heavy atom. The summed E-state index contributed by atoms with van der Waals surface area (Å²) in [6, 6.07) is 3.50. The number of hydrogen-bond acceptors (Lipinski definition) is 6. The standard InChI is InChI=1S/C23H29FN4O3/c1-23(2,3)31-22(29)28-11-14(12-28)13-30-18-8-7-16(17-9-27-19(25)10-26-17)20(21(18)24)15-5-4-6-15/h7-10,14-15H,4-6,11-13H2,1-3H3,(H2,25,27). The van der Waals surface area contributed by atoms with Gasteiger partial charge in [0, 0.05) is 30.1 Å². The zero-order valence-corrected chi connectivity index (χ0v) is 18.2. The van der Waals surface area contributed by atoms with Crippen LogP contribution in [-0.2, 0) is 4.74 Å². The Labute approximate surface area is 181 Å². The van der Waals surface area contributed by atoms with Crippen LogP contribution in [0, 0.1) is 11.7 Å². The molecule has 7 nitrogen and oxygen atoms in total. The zero-order valence-electron chi connectivity index (χ0n) is 18.2. The summed E-state index contributed by atoms with van der Waals surface area (Å²) < 4.78 is 26.6. The molecule has 2 heterocycles. The van der Waals surface area contributed by atoms with E-state index in [-0.39, 0.29) is 29.5 Å². The van der Waals surface area contributed by atoms with Crippen molar-refractivity contribution < 1.29 is 18.7 Å². The van der Waals surface area contributed by atoms with Crippen LogP contribution in [0.4, 0.5) is 15.0 Å². The summed E-state index contributed by atoms with van der Waals surface area (Å²) in [6.07, 6.45) is 5.72. The summed E-state index contributed by atoms with van der Waals surface area (Å²) >= 11 is 0. The Bertz CT molecular complexity index is 949. The number of likely N-dealkylation sites (tertiary alicyclic amines) is 1. The van der Waals surface area contributed by atoms with Crippen molar-refractivity contribution in [2.45, 2.75) is 51.6 Å². The van der Waals surface area contributed by atoms with Crippen LogP contribution >= 0.6 is 0 Å². The number of anilines is 1. The lowest BCUT2D eigenvalue weighted by Crippen LogP contribution is -2.53. The first-order valence-corrected chi connectivity index (χ1v) is 10.7. The lowest BCUT2D eigenvalue weighted by molar-refractivity contribution is -0.00806. The number of carbonyl (C=O) groups excluding carboxylic acids is 1. The Hall–Kier alpha value is -2.90. The molecule has 1 aromatic heterocycles. The van der Waals surface area contributed by atoms with Gasteiger partial charge in [-0.25, -0.2) is 14.2 Å². The molecule has 2 aliphatic rings. The minimum absolute atomic E-state index is 0.154. The predicted molar refractivity (Wildman–Crippen MR) is 115 cm³/mol. The highest BCUT2D eigenvalue weighted by atomic mass is 19.1. The molecule has 31 heavy (non-hydrogen) atoms. The Morgan fingerprint density at radius 1 is 1.23 bits per heavy atom. The van der Waals surface area contributed by atoms with Gasteiger partial charge in [-0.05, 0) is 51.7 Å². The number of rotatable bonds is 5. The molecule has 0 spiro atoms. The number of nitrogens with zero attached hydrogens (tertiary/aromatic N) is 3. The van der Waals surface area contributed by atoms with Crippen molar-refractivity contribution in [1.29, 1.82) is 0 Å². The number of ether oxygens (including phenoxy) is 2. The molecular weight excluding hydrogens is 399 g/mol. The van der Waals surface area contributed by atoms with Crippen molar-refractivity contribution in [3.8, 4) is 17.0 Å². The Balaban J connectivity index is 1.43. The highest BCUT2D eigenvalue weighted by Crippen LogP contribution is 2.44. The molecule has 8 heteroatoms. The van der Waals surface area contributed by atoms with Gasteiger partial charge in [0.2, 0.25) is 0 Å². The van der Waals surface area contributed by atoms with E-state index in [1.807, 2.05) is 26.8 Å². The molecule has 2 N–H and O–H groups in total. The topological polar surface area (TPSA) is 90.6 Å². The molecule has 1 aromatic carbocycles. The minimum Gasteiger partial charge on any atom is -0.490 e. The third kappa shape index (κ3) is 4.73. The molecule has 0 bridgehead atoms. The molecule has 4 rings (SSSR count). The van der Waals surface area contributed by atoms with Crippen LogP contribution in [0.5, 0.6) is 5.75 Å². The quantitative estimate of drug-likeness (QED) is 0.760. The van der Waals surface area contributed by atoms with E-state index in [4.69, 9.17) is 15.2 Å². The first-order chi connectivity index (χ1) is 14.7. The maximum absolute atomic E-state index is 15.4. The molecule has 1 saturated carbocycles. The van der Waals surface area contributed by atoms with Gasteiger partial charge in [0.15, 0.2) is 11.6 Å². The summed E-state index contributed by atoms with van der Waals surface area (Å²) in [5, 5.41) is 0. The van der Waals surface area contributed by atoms with Crippen LogP contribution in [0.2, 0.25) is 0 Å². The lowest BCUT2D eigenvalue weighted by atomic mass is 9.77. The summed E-state index contributed by atoms with van der Waals surface area (Å²) in [5.41, 5.74) is 7.11. The summed E-state index contributed by atoms with van der Waals surface area (Å²) in [7, 11) is 0. The lowest BCUT2D eigenvalue weighted by Gasteiger charge is -2.39. The highest BCUT2D eigenvalue weighted by Gasteiger charge is 2.34. The minimum atomic E-state index is -0.518. The van der Waals surface area contributed by atoms with Gasteiger partial charge in [-0.3, -0.25) is 4.98 Å². The number of amides is 1. The van der Waals surface area contributed by atoms with Gasteiger partial charge in [0.05, 0.1) is 24.7 Å². The van der Waals surface area contributed by atoms with Gasteiger partial charge in [-0.15, -0.1) is 0 Å². The van der Waals surface area contributed by atoms with Gasteiger partial charge in [-0.1, -0.05) is 6.42 Å². The van der Waals surface area contributed by atoms with Crippen molar-refractivity contribution in [2.24, 2.45) is 5.92 Å². The zero-order chi connectivity index (χ0) is 22.2. The molecule has 0 radical (unpaired) electrons. The third-order valence-electron chi connectivity index (χ3n) is 5.69. The van der Waals surface area contributed by atoms with Crippen LogP contribution < -0.4 is 10.5 Å². The van der Waals surface area contributed by atoms with Gasteiger partial charge in [0.25, 0.3) is 0 Å². The van der Waals surface area contributed by atoms with E-state index < -0.39 is 5.60 Å². The maximum Gasteiger partial charge on any atom is 0.410 e. The molecule has 2 fully saturated rings. The number of nitrogen functional groups attached to an aromatic ring is 1. The van der Waals surface area contributed by atoms with Crippen molar-refractivity contribution >= 4 is 11.9 Å². The van der Waals surface area contributed by atoms with E-state index >= 15 is 4.39 Å². The molecule has 0 unspecified atom stereocenters. The number of carbonyl (C=O) groups is 1. The van der Waals surface area contributed by atoms with E-state index in [0.717, 1.165) is 24.8 Å². The fourth-order valence-electron chi connectivity index (χ4n) is 3.84. The monoisotopic (exact) mass is 428 g/mol. The van der Waals surface area contributed by atoms with Gasteiger partial charge in [0.1, 0.15) is 11.4 Å². The van der Waals surface area contributed by atoms with Gasteiger partial charge < -0.3 is 20.1 Å². The fraction of sp³-hybridized carbons (Fsp3) is 0.522. The Morgan fingerprint density at radius 3 is 2.55 bits per heavy atom. The average Bonchev–Trinajstić information content (AvgIpc) is 2.61. The van der Waals surface area contributed by atoms with Crippen LogP contribution in [0.25, 0.3) is 11.3 Å². The maximum atomic E-state index is 15.4. The van der Waals surface area contributed by atoms with Gasteiger partial charge in [-0.2, -0.15) is 0 Å². The number of aromatic nitrogens is 2. The Kier molecular flexibility index (Phi) is 5.73. The molecule has 1 aliphatic heterocycles. The normalized spacial score (nSPS) is 17.1. The number of hydrogen-bond donors (Lipinski definition) is 1. The average molecular weight is 429 g/mol. The molecular formula is C23H29FN4O3. The smallest absolute Gasteiger partial charge is 0.410 e. The third-order valence-corrected chi connectivity index (χ3v) is 5.69. The van der Waals surface area contributed by atoms with E-state index in [1.165, 1.54) is 6.20 Å².